The van der Waals surface area contributed by atoms with E-state index in [1.165, 1.54) is 25.7 Å². The van der Waals surface area contributed by atoms with Gasteiger partial charge in [-0.05, 0) is 69.1 Å². The van der Waals surface area contributed by atoms with Gasteiger partial charge in [-0.25, -0.2) is 9.50 Å². The van der Waals surface area contributed by atoms with E-state index in [1.54, 1.807) is 6.33 Å². The van der Waals surface area contributed by atoms with Crippen molar-refractivity contribution in [3.63, 3.8) is 0 Å². The van der Waals surface area contributed by atoms with Crippen molar-refractivity contribution in [2.75, 3.05) is 13.1 Å². The molecule has 1 saturated heterocycles. The Morgan fingerprint density at radius 2 is 1.87 bits per heavy atom. The van der Waals surface area contributed by atoms with E-state index < -0.39 is 0 Å². The summed E-state index contributed by atoms with van der Waals surface area (Å²) in [6.07, 6.45) is 10.3. The number of carbonyl (C=O) groups excluding carboxylic acids is 1. The zero-order valence-electron chi connectivity index (χ0n) is 17.3. The highest BCUT2D eigenvalue weighted by molar-refractivity contribution is 5.96. The van der Waals surface area contributed by atoms with Crippen LogP contribution in [0.5, 0.6) is 0 Å². The number of aryl methyl sites for hydroxylation is 1. The molecule has 6 rings (SSSR count). The molecule has 3 aromatic heterocycles. The Kier molecular flexibility index (Phi) is 4.11. The third kappa shape index (κ3) is 3.16. The third-order valence-electron chi connectivity index (χ3n) is 6.73. The summed E-state index contributed by atoms with van der Waals surface area (Å²) in [6, 6.07) is 4.19. The number of nitrogens with zero attached hydrogens (tertiary/aromatic N) is 6. The van der Waals surface area contributed by atoms with Crippen molar-refractivity contribution in [1.82, 2.24) is 29.5 Å². The van der Waals surface area contributed by atoms with Crippen molar-refractivity contribution in [2.45, 2.75) is 63.2 Å². The van der Waals surface area contributed by atoms with Gasteiger partial charge in [-0.2, -0.15) is 10.1 Å². The monoisotopic (exact) mass is 402 g/mol. The molecule has 2 aliphatic carbocycles. The highest BCUT2D eigenvalue weighted by atomic mass is 16.2. The predicted octanol–water partition coefficient (Wildman–Crippen LogP) is 3.60. The molecule has 2 saturated carbocycles. The van der Waals surface area contributed by atoms with Crippen LogP contribution in [0.4, 0.5) is 0 Å². The fraction of sp³-hybridized carbons (Fsp3) is 0.522. The number of likely N-dealkylation sites (tertiary alicyclic amines) is 1. The molecule has 3 aromatic rings. The summed E-state index contributed by atoms with van der Waals surface area (Å²) < 4.78 is 1.83. The average molecular weight is 403 g/mol. The molecule has 0 radical (unpaired) electrons. The van der Waals surface area contributed by atoms with Crippen LogP contribution in [0.25, 0.3) is 5.78 Å². The van der Waals surface area contributed by atoms with E-state index in [1.807, 2.05) is 22.5 Å². The molecule has 3 fully saturated rings. The number of rotatable bonds is 4. The van der Waals surface area contributed by atoms with E-state index in [0.29, 0.717) is 24.2 Å². The number of amides is 1. The minimum atomic E-state index is 0.173. The second-order valence-electron chi connectivity index (χ2n) is 9.13. The summed E-state index contributed by atoms with van der Waals surface area (Å²) in [6.45, 7) is 3.51. The van der Waals surface area contributed by atoms with Gasteiger partial charge in [0.25, 0.3) is 11.7 Å². The lowest BCUT2D eigenvalue weighted by molar-refractivity contribution is 0.0703. The second-order valence-corrected chi connectivity index (χ2v) is 9.13. The number of pyridine rings is 1. The third-order valence-corrected chi connectivity index (χ3v) is 6.73. The number of hydrogen-bond donors (Lipinski definition) is 0. The molecular weight excluding hydrogens is 376 g/mol. The van der Waals surface area contributed by atoms with Gasteiger partial charge >= 0.3 is 0 Å². The zero-order chi connectivity index (χ0) is 20.2. The van der Waals surface area contributed by atoms with Crippen LogP contribution < -0.4 is 0 Å². The fourth-order valence-corrected chi connectivity index (χ4v) is 4.81. The van der Waals surface area contributed by atoms with Crippen molar-refractivity contribution in [3.05, 3.63) is 52.9 Å². The molecule has 3 aliphatic rings. The van der Waals surface area contributed by atoms with E-state index in [0.717, 1.165) is 47.6 Å². The van der Waals surface area contributed by atoms with Crippen LogP contribution in [-0.4, -0.2) is 48.5 Å². The van der Waals surface area contributed by atoms with Crippen LogP contribution in [0.2, 0.25) is 0 Å². The number of aromatic nitrogens is 5. The summed E-state index contributed by atoms with van der Waals surface area (Å²) in [5, 5.41) is 4.38. The molecular formula is C23H26N6O. The molecule has 0 bridgehead atoms. The van der Waals surface area contributed by atoms with Crippen molar-refractivity contribution >= 4 is 11.7 Å². The Hall–Kier alpha value is -2.83. The minimum absolute atomic E-state index is 0.173. The highest BCUT2D eigenvalue weighted by Gasteiger charge is 2.34. The minimum Gasteiger partial charge on any atom is -0.338 e. The molecule has 1 aliphatic heterocycles. The van der Waals surface area contributed by atoms with Gasteiger partial charge in [-0.3, -0.25) is 9.78 Å². The Balaban J connectivity index is 1.31. The maximum Gasteiger partial charge on any atom is 0.254 e. The van der Waals surface area contributed by atoms with Crippen LogP contribution in [-0.2, 0) is 0 Å². The van der Waals surface area contributed by atoms with Crippen molar-refractivity contribution in [1.29, 1.82) is 0 Å². The maximum absolute atomic E-state index is 13.7. The highest BCUT2D eigenvalue weighted by Crippen LogP contribution is 2.44. The summed E-state index contributed by atoms with van der Waals surface area (Å²) in [5.41, 5.74) is 5.19. The molecule has 1 unspecified atom stereocenters. The SMILES string of the molecule is Cc1cc(C2CCCN(C(=O)c3cc(C4CC4)ncc3C3CC3)C2)n2ncnc2n1. The lowest BCUT2D eigenvalue weighted by atomic mass is 9.93. The zero-order valence-corrected chi connectivity index (χ0v) is 17.3. The first kappa shape index (κ1) is 18.0. The Bertz CT molecular complexity index is 1130. The predicted molar refractivity (Wildman–Crippen MR) is 112 cm³/mol. The van der Waals surface area contributed by atoms with Gasteiger partial charge in [0, 0.05) is 48.1 Å². The molecule has 30 heavy (non-hydrogen) atoms. The lowest BCUT2D eigenvalue weighted by Gasteiger charge is -2.33. The van der Waals surface area contributed by atoms with E-state index in [-0.39, 0.29) is 11.8 Å². The molecule has 1 atom stereocenters. The van der Waals surface area contributed by atoms with Crippen molar-refractivity contribution in [3.8, 4) is 0 Å². The number of fused-ring (bicyclic) bond motifs is 1. The smallest absolute Gasteiger partial charge is 0.254 e. The van der Waals surface area contributed by atoms with E-state index in [9.17, 15) is 4.79 Å². The molecule has 0 spiro atoms. The summed E-state index contributed by atoms with van der Waals surface area (Å²) >= 11 is 0. The van der Waals surface area contributed by atoms with Crippen LogP contribution in [0.3, 0.4) is 0 Å². The first-order valence-corrected chi connectivity index (χ1v) is 11.1. The molecule has 0 N–H and O–H groups in total. The van der Waals surface area contributed by atoms with Crippen molar-refractivity contribution < 1.29 is 4.79 Å². The number of hydrogen-bond acceptors (Lipinski definition) is 5. The topological polar surface area (TPSA) is 76.3 Å². The van der Waals surface area contributed by atoms with Gasteiger partial charge in [0.15, 0.2) is 0 Å². The quantitative estimate of drug-likeness (QED) is 0.666. The summed E-state index contributed by atoms with van der Waals surface area (Å²) in [7, 11) is 0. The number of carbonyl (C=O) groups is 1. The summed E-state index contributed by atoms with van der Waals surface area (Å²) in [4.78, 5) is 29.1. The molecule has 7 nitrogen and oxygen atoms in total. The van der Waals surface area contributed by atoms with Crippen LogP contribution in [0, 0.1) is 6.92 Å². The Morgan fingerprint density at radius 3 is 2.67 bits per heavy atom. The van der Waals surface area contributed by atoms with Crippen molar-refractivity contribution in [2.24, 2.45) is 0 Å². The molecule has 7 heteroatoms. The standard InChI is InChI=1S/C23H26N6O/c1-14-9-21(29-23(27-14)25-13-26-29)17-3-2-8-28(12-17)22(30)18-10-20(16-6-7-16)24-11-19(18)15-4-5-15/h9-11,13,15-17H,2-8,12H2,1H3. The molecule has 0 aromatic carbocycles. The first-order valence-electron chi connectivity index (χ1n) is 11.1. The normalized spacial score (nSPS) is 21.9. The van der Waals surface area contributed by atoms with E-state index in [4.69, 9.17) is 4.98 Å². The largest absolute Gasteiger partial charge is 0.338 e. The Morgan fingerprint density at radius 1 is 1.03 bits per heavy atom. The van der Waals surface area contributed by atoms with Crippen LogP contribution in [0.15, 0.2) is 24.7 Å². The van der Waals surface area contributed by atoms with E-state index >= 15 is 0 Å². The van der Waals surface area contributed by atoms with E-state index in [2.05, 4.69) is 27.2 Å². The van der Waals surface area contributed by atoms with Crippen LogP contribution >= 0.6 is 0 Å². The molecule has 1 amide bonds. The van der Waals surface area contributed by atoms with Gasteiger partial charge in [-0.1, -0.05) is 0 Å². The van der Waals surface area contributed by atoms with Crippen LogP contribution in [0.1, 0.15) is 89.3 Å². The maximum atomic E-state index is 13.7. The molecule has 4 heterocycles. The fourth-order valence-electron chi connectivity index (χ4n) is 4.81. The average Bonchev–Trinajstić information content (AvgIpc) is 3.69. The Labute approximate surface area is 175 Å². The van der Waals surface area contributed by atoms with Gasteiger partial charge in [0.05, 0.1) is 5.69 Å². The number of piperidine rings is 1. The van der Waals surface area contributed by atoms with Gasteiger partial charge in [-0.15, -0.1) is 0 Å². The van der Waals surface area contributed by atoms with Gasteiger partial charge in [0.1, 0.15) is 6.33 Å². The summed E-state index contributed by atoms with van der Waals surface area (Å²) in [5.74, 6) is 2.11. The molecule has 154 valence electrons. The second kappa shape index (κ2) is 6.86. The van der Waals surface area contributed by atoms with Gasteiger partial charge in [0.2, 0.25) is 0 Å². The lowest BCUT2D eigenvalue weighted by Crippen LogP contribution is -2.40. The van der Waals surface area contributed by atoms with Gasteiger partial charge < -0.3 is 4.90 Å². The first-order chi connectivity index (χ1) is 14.7.